The second-order valence-electron chi connectivity index (χ2n) is 5.93. The van der Waals surface area contributed by atoms with Crippen molar-refractivity contribution < 1.29 is 4.79 Å². The molecule has 3 aromatic rings. The Morgan fingerprint density at radius 2 is 2.04 bits per heavy atom. The first-order valence-corrected chi connectivity index (χ1v) is 9.40. The largest absolute Gasteiger partial charge is 0.354 e. The van der Waals surface area contributed by atoms with Crippen molar-refractivity contribution >= 4 is 29.5 Å². The van der Waals surface area contributed by atoms with E-state index in [0.29, 0.717) is 17.1 Å². The Morgan fingerprint density at radius 1 is 1.28 bits per heavy atom. The lowest BCUT2D eigenvalue weighted by molar-refractivity contribution is -0.123. The first-order chi connectivity index (χ1) is 12.1. The minimum atomic E-state index is -0.439. The number of amides is 1. The van der Waals surface area contributed by atoms with E-state index in [1.807, 2.05) is 42.6 Å². The molecule has 1 aromatic carbocycles. The lowest BCUT2D eigenvalue weighted by atomic mass is 10.0. The maximum absolute atomic E-state index is 12.6. The second kappa shape index (κ2) is 7.76. The molecule has 0 spiro atoms. The molecule has 0 saturated carbocycles. The minimum Gasteiger partial charge on any atom is -0.354 e. The van der Waals surface area contributed by atoms with Crippen molar-refractivity contribution in [1.29, 1.82) is 0 Å². The number of rotatable bonds is 6. The average molecular weight is 373 g/mol. The number of carbonyl (C=O) groups is 1. The fraction of sp³-hybridized carbons (Fsp3) is 0.278. The van der Waals surface area contributed by atoms with Gasteiger partial charge in [-0.3, -0.25) is 14.5 Å². The molecule has 130 valence electrons. The molecule has 1 amide bonds. The topological polar surface area (TPSA) is 62.7 Å². The molecule has 2 N–H and O–H groups in total. The van der Waals surface area contributed by atoms with E-state index >= 15 is 0 Å². The highest BCUT2D eigenvalue weighted by molar-refractivity contribution is 7.71. The summed E-state index contributed by atoms with van der Waals surface area (Å²) >= 11 is 6.89. The fourth-order valence-electron chi connectivity index (χ4n) is 2.66. The third-order valence-electron chi connectivity index (χ3n) is 4.16. The van der Waals surface area contributed by atoms with Crippen molar-refractivity contribution in [2.24, 2.45) is 0 Å². The summed E-state index contributed by atoms with van der Waals surface area (Å²) in [6, 6.07) is 13.6. The van der Waals surface area contributed by atoms with Gasteiger partial charge in [0.05, 0.1) is 4.88 Å². The van der Waals surface area contributed by atoms with Gasteiger partial charge < -0.3 is 5.32 Å². The number of benzene rings is 1. The highest BCUT2D eigenvalue weighted by Crippen LogP contribution is 2.25. The third kappa shape index (κ3) is 3.88. The standard InChI is InChI=1S/C18H20N4OS2/c1-12(14-7-4-3-5-8-14)11-19-17(23)13(2)22-16(20-21-18(22)24)15-9-6-10-25-15/h3-10,12-13H,11H2,1-2H3,(H,19,23)(H,21,24)/t12-,13+/m0/s1. The number of nitrogens with one attached hydrogen (secondary N) is 2. The van der Waals surface area contributed by atoms with Crippen LogP contribution in [0.15, 0.2) is 47.8 Å². The van der Waals surface area contributed by atoms with Crippen LogP contribution in [0.3, 0.4) is 0 Å². The zero-order valence-corrected chi connectivity index (χ0v) is 15.7. The number of carbonyl (C=O) groups excluding carboxylic acids is 1. The van der Waals surface area contributed by atoms with Crippen molar-refractivity contribution in [3.05, 3.63) is 58.2 Å². The maximum Gasteiger partial charge on any atom is 0.242 e. The van der Waals surface area contributed by atoms with Crippen LogP contribution in [-0.4, -0.2) is 27.2 Å². The molecule has 0 aliphatic heterocycles. The molecule has 0 fully saturated rings. The van der Waals surface area contributed by atoms with E-state index in [9.17, 15) is 4.79 Å². The molecule has 0 bridgehead atoms. The number of aromatic amines is 1. The van der Waals surface area contributed by atoms with E-state index in [0.717, 1.165) is 4.88 Å². The Kier molecular flexibility index (Phi) is 5.45. The second-order valence-corrected chi connectivity index (χ2v) is 7.27. The van der Waals surface area contributed by atoms with Gasteiger partial charge in [-0.25, -0.2) is 0 Å². The molecule has 2 aromatic heterocycles. The van der Waals surface area contributed by atoms with E-state index in [-0.39, 0.29) is 11.8 Å². The Labute approximate surface area is 155 Å². The molecule has 0 saturated heterocycles. The highest BCUT2D eigenvalue weighted by atomic mass is 32.1. The molecule has 5 nitrogen and oxygen atoms in total. The van der Waals surface area contributed by atoms with Gasteiger partial charge >= 0.3 is 0 Å². The summed E-state index contributed by atoms with van der Waals surface area (Å²) in [6.45, 7) is 4.51. The molecule has 0 radical (unpaired) electrons. The fourth-order valence-corrected chi connectivity index (χ4v) is 3.66. The van der Waals surface area contributed by atoms with E-state index in [1.54, 1.807) is 15.9 Å². The summed E-state index contributed by atoms with van der Waals surface area (Å²) in [4.78, 5) is 13.6. The van der Waals surface area contributed by atoms with Crippen LogP contribution in [0, 0.1) is 4.77 Å². The van der Waals surface area contributed by atoms with Crippen LogP contribution in [0.5, 0.6) is 0 Å². The Bertz CT molecular complexity index is 883. The number of aromatic nitrogens is 3. The minimum absolute atomic E-state index is 0.0712. The first-order valence-electron chi connectivity index (χ1n) is 8.11. The molecule has 0 aliphatic rings. The van der Waals surface area contributed by atoms with Crippen LogP contribution >= 0.6 is 23.6 Å². The van der Waals surface area contributed by atoms with Gasteiger partial charge in [0, 0.05) is 6.54 Å². The Morgan fingerprint density at radius 3 is 2.72 bits per heavy atom. The average Bonchev–Trinajstić information content (AvgIpc) is 3.28. The molecule has 0 aliphatic carbocycles. The van der Waals surface area contributed by atoms with Gasteiger partial charge in [0.25, 0.3) is 0 Å². The monoisotopic (exact) mass is 372 g/mol. The Balaban J connectivity index is 1.71. The number of nitrogens with zero attached hydrogens (tertiary/aromatic N) is 2. The van der Waals surface area contributed by atoms with E-state index < -0.39 is 6.04 Å². The predicted octanol–water partition coefficient (Wildman–Crippen LogP) is 4.15. The normalized spacial score (nSPS) is 13.4. The Hall–Kier alpha value is -2.25. The van der Waals surface area contributed by atoms with Gasteiger partial charge in [0.1, 0.15) is 6.04 Å². The van der Waals surface area contributed by atoms with Gasteiger partial charge in [-0.05, 0) is 42.1 Å². The summed E-state index contributed by atoms with van der Waals surface area (Å²) in [6.07, 6.45) is 0. The van der Waals surface area contributed by atoms with Crippen LogP contribution in [-0.2, 0) is 4.79 Å². The highest BCUT2D eigenvalue weighted by Gasteiger charge is 2.21. The summed E-state index contributed by atoms with van der Waals surface area (Å²) < 4.78 is 2.21. The SMILES string of the molecule is C[C@H](C(=O)NC[C@H](C)c1ccccc1)n1c(-c2cccs2)n[nH]c1=S. The smallest absolute Gasteiger partial charge is 0.242 e. The van der Waals surface area contributed by atoms with Gasteiger partial charge in [0.2, 0.25) is 5.91 Å². The summed E-state index contributed by atoms with van der Waals surface area (Å²) in [5.74, 6) is 0.864. The van der Waals surface area contributed by atoms with Crippen LogP contribution < -0.4 is 5.32 Å². The van der Waals surface area contributed by atoms with Gasteiger partial charge in [0.15, 0.2) is 10.6 Å². The molecule has 7 heteroatoms. The van der Waals surface area contributed by atoms with Crippen molar-refractivity contribution in [1.82, 2.24) is 20.1 Å². The number of thiophene rings is 1. The maximum atomic E-state index is 12.6. The number of H-pyrrole nitrogens is 1. The summed E-state index contributed by atoms with van der Waals surface area (Å²) in [5, 5.41) is 12.1. The van der Waals surface area contributed by atoms with E-state index in [4.69, 9.17) is 12.2 Å². The number of hydrogen-bond donors (Lipinski definition) is 2. The molecule has 25 heavy (non-hydrogen) atoms. The van der Waals surface area contributed by atoms with Gasteiger partial charge in [-0.15, -0.1) is 11.3 Å². The third-order valence-corrected chi connectivity index (χ3v) is 5.32. The molecular formula is C18H20N4OS2. The van der Waals surface area contributed by atoms with Crippen LogP contribution in [0.2, 0.25) is 0 Å². The van der Waals surface area contributed by atoms with Gasteiger partial charge in [-0.1, -0.05) is 43.3 Å². The lowest BCUT2D eigenvalue weighted by Gasteiger charge is -2.18. The molecule has 0 unspecified atom stereocenters. The van der Waals surface area contributed by atoms with Crippen molar-refractivity contribution in [2.75, 3.05) is 6.54 Å². The first kappa shape index (κ1) is 17.6. The molecule has 2 atom stereocenters. The van der Waals surface area contributed by atoms with E-state index in [2.05, 4.69) is 34.6 Å². The lowest BCUT2D eigenvalue weighted by Crippen LogP contribution is -2.33. The van der Waals surface area contributed by atoms with Crippen LogP contribution in [0.1, 0.15) is 31.4 Å². The van der Waals surface area contributed by atoms with Crippen molar-refractivity contribution in [3.8, 4) is 10.7 Å². The zero-order chi connectivity index (χ0) is 17.8. The molecule has 2 heterocycles. The van der Waals surface area contributed by atoms with Crippen LogP contribution in [0.25, 0.3) is 10.7 Å². The van der Waals surface area contributed by atoms with Crippen molar-refractivity contribution in [2.45, 2.75) is 25.8 Å². The number of hydrogen-bond acceptors (Lipinski definition) is 4. The van der Waals surface area contributed by atoms with Crippen molar-refractivity contribution in [3.63, 3.8) is 0 Å². The molecule has 3 rings (SSSR count). The van der Waals surface area contributed by atoms with Gasteiger partial charge in [-0.2, -0.15) is 5.10 Å². The van der Waals surface area contributed by atoms with E-state index in [1.165, 1.54) is 5.56 Å². The predicted molar refractivity (Wildman–Crippen MR) is 103 cm³/mol. The van der Waals surface area contributed by atoms with Crippen LogP contribution in [0.4, 0.5) is 0 Å². The zero-order valence-electron chi connectivity index (χ0n) is 14.1. The summed E-state index contributed by atoms with van der Waals surface area (Å²) in [5.41, 5.74) is 1.20. The summed E-state index contributed by atoms with van der Waals surface area (Å²) in [7, 11) is 0. The molecular weight excluding hydrogens is 352 g/mol. The quantitative estimate of drug-likeness (QED) is 0.639.